The van der Waals surface area contributed by atoms with Gasteiger partial charge in [-0.05, 0) is 26.8 Å². The fraction of sp³-hybridized carbons (Fsp3) is 0.312. The van der Waals surface area contributed by atoms with Crippen LogP contribution in [0.1, 0.15) is 34.9 Å². The van der Waals surface area contributed by atoms with Gasteiger partial charge in [0.15, 0.2) is 0 Å². The standard InChI is InChI=1S/C16H17ClN2OS/c1-9(15-10(2)19-20-11(15)3)18-8-14-16(17)12-6-4-5-7-13(12)21-14/h4-7,9,18H,8H2,1-3H3. The third kappa shape index (κ3) is 2.71. The van der Waals surface area contributed by atoms with Gasteiger partial charge in [-0.3, -0.25) is 0 Å². The molecule has 110 valence electrons. The van der Waals surface area contributed by atoms with Gasteiger partial charge >= 0.3 is 0 Å². The molecule has 3 nitrogen and oxygen atoms in total. The number of hydrogen-bond donors (Lipinski definition) is 1. The second-order valence-electron chi connectivity index (χ2n) is 5.18. The quantitative estimate of drug-likeness (QED) is 0.734. The summed E-state index contributed by atoms with van der Waals surface area (Å²) in [5.74, 6) is 0.870. The Morgan fingerprint density at radius 3 is 2.76 bits per heavy atom. The first-order valence-corrected chi connectivity index (χ1v) is 8.09. The van der Waals surface area contributed by atoms with E-state index in [1.165, 1.54) is 4.70 Å². The molecule has 0 saturated carbocycles. The number of nitrogens with zero attached hydrogens (tertiary/aromatic N) is 1. The van der Waals surface area contributed by atoms with Crippen LogP contribution in [0, 0.1) is 13.8 Å². The Morgan fingerprint density at radius 1 is 1.33 bits per heavy atom. The van der Waals surface area contributed by atoms with E-state index in [9.17, 15) is 0 Å². The number of aryl methyl sites for hydroxylation is 2. The molecule has 0 bridgehead atoms. The van der Waals surface area contributed by atoms with Gasteiger partial charge in [-0.2, -0.15) is 0 Å². The number of nitrogens with one attached hydrogen (secondary N) is 1. The van der Waals surface area contributed by atoms with Crippen molar-refractivity contribution >= 4 is 33.0 Å². The minimum absolute atomic E-state index is 0.178. The molecular weight excluding hydrogens is 304 g/mol. The zero-order valence-corrected chi connectivity index (χ0v) is 13.8. The second-order valence-corrected chi connectivity index (χ2v) is 6.69. The van der Waals surface area contributed by atoms with Crippen molar-refractivity contribution in [1.82, 2.24) is 10.5 Å². The lowest BCUT2D eigenvalue weighted by molar-refractivity contribution is 0.390. The van der Waals surface area contributed by atoms with E-state index < -0.39 is 0 Å². The Balaban J connectivity index is 1.79. The van der Waals surface area contributed by atoms with Crippen molar-refractivity contribution in [3.05, 3.63) is 51.2 Å². The smallest absolute Gasteiger partial charge is 0.138 e. The van der Waals surface area contributed by atoms with E-state index >= 15 is 0 Å². The maximum atomic E-state index is 6.47. The van der Waals surface area contributed by atoms with Crippen molar-refractivity contribution in [3.8, 4) is 0 Å². The van der Waals surface area contributed by atoms with Crippen LogP contribution in [0.15, 0.2) is 28.8 Å². The molecular formula is C16H17ClN2OS. The topological polar surface area (TPSA) is 38.1 Å². The molecule has 1 atom stereocenters. The lowest BCUT2D eigenvalue weighted by Gasteiger charge is -2.13. The number of thiophene rings is 1. The molecule has 3 aromatic rings. The van der Waals surface area contributed by atoms with Gasteiger partial charge < -0.3 is 9.84 Å². The number of hydrogen-bond acceptors (Lipinski definition) is 4. The van der Waals surface area contributed by atoms with Crippen LogP contribution in [-0.2, 0) is 6.54 Å². The highest BCUT2D eigenvalue weighted by molar-refractivity contribution is 7.19. The summed E-state index contributed by atoms with van der Waals surface area (Å²) in [6, 6.07) is 8.41. The second kappa shape index (κ2) is 5.79. The molecule has 0 aliphatic carbocycles. The van der Waals surface area contributed by atoms with Gasteiger partial charge in [0, 0.05) is 33.1 Å². The van der Waals surface area contributed by atoms with Gasteiger partial charge in [0.05, 0.1) is 10.7 Å². The lowest BCUT2D eigenvalue weighted by atomic mass is 10.1. The molecule has 3 rings (SSSR count). The SMILES string of the molecule is Cc1noc(C)c1C(C)NCc1sc2ccccc2c1Cl. The highest BCUT2D eigenvalue weighted by atomic mass is 35.5. The predicted octanol–water partition coefficient (Wildman–Crippen LogP) is 5.01. The molecule has 0 aliphatic rings. The first-order chi connectivity index (χ1) is 10.1. The van der Waals surface area contributed by atoms with E-state index in [0.717, 1.165) is 38.8 Å². The Hall–Kier alpha value is -1.36. The van der Waals surface area contributed by atoms with Crippen molar-refractivity contribution in [3.63, 3.8) is 0 Å². The maximum Gasteiger partial charge on any atom is 0.138 e. The number of fused-ring (bicyclic) bond motifs is 1. The summed E-state index contributed by atoms with van der Waals surface area (Å²) in [7, 11) is 0. The summed E-state index contributed by atoms with van der Waals surface area (Å²) in [5, 5.41) is 9.50. The Morgan fingerprint density at radius 2 is 2.10 bits per heavy atom. The number of aromatic nitrogens is 1. The van der Waals surface area contributed by atoms with Crippen molar-refractivity contribution in [2.75, 3.05) is 0 Å². The third-order valence-corrected chi connectivity index (χ3v) is 5.41. The molecule has 1 aromatic carbocycles. The average Bonchev–Trinajstić information content (AvgIpc) is 2.97. The van der Waals surface area contributed by atoms with Crippen LogP contribution in [0.2, 0.25) is 5.02 Å². The maximum absolute atomic E-state index is 6.47. The molecule has 0 spiro atoms. The predicted molar refractivity (Wildman–Crippen MR) is 88.1 cm³/mol. The molecule has 2 heterocycles. The molecule has 0 aliphatic heterocycles. The average molecular weight is 321 g/mol. The monoisotopic (exact) mass is 320 g/mol. The summed E-state index contributed by atoms with van der Waals surface area (Å²) in [6.45, 7) is 6.77. The van der Waals surface area contributed by atoms with Crippen molar-refractivity contribution in [2.24, 2.45) is 0 Å². The van der Waals surface area contributed by atoms with Gasteiger partial charge in [0.1, 0.15) is 5.76 Å². The Kier molecular flexibility index (Phi) is 4.02. The lowest BCUT2D eigenvalue weighted by Crippen LogP contribution is -2.18. The van der Waals surface area contributed by atoms with Gasteiger partial charge in [0.25, 0.3) is 0 Å². The molecule has 21 heavy (non-hydrogen) atoms. The summed E-state index contributed by atoms with van der Waals surface area (Å²) in [4.78, 5) is 1.16. The molecule has 5 heteroatoms. The van der Waals surface area contributed by atoms with E-state index in [2.05, 4.69) is 29.5 Å². The van der Waals surface area contributed by atoms with E-state index in [-0.39, 0.29) is 6.04 Å². The van der Waals surface area contributed by atoms with E-state index in [1.807, 2.05) is 26.0 Å². The van der Waals surface area contributed by atoms with Gasteiger partial charge in [-0.1, -0.05) is 35.0 Å². The van der Waals surface area contributed by atoms with Crippen molar-refractivity contribution in [1.29, 1.82) is 0 Å². The summed E-state index contributed by atoms with van der Waals surface area (Å²) >= 11 is 8.21. The highest BCUT2D eigenvalue weighted by Gasteiger charge is 2.17. The van der Waals surface area contributed by atoms with Crippen molar-refractivity contribution < 1.29 is 4.52 Å². The van der Waals surface area contributed by atoms with Crippen LogP contribution < -0.4 is 5.32 Å². The largest absolute Gasteiger partial charge is 0.361 e. The van der Waals surface area contributed by atoms with Crippen LogP contribution in [0.3, 0.4) is 0 Å². The number of halogens is 1. The highest BCUT2D eigenvalue weighted by Crippen LogP contribution is 2.35. The summed E-state index contributed by atoms with van der Waals surface area (Å²) in [5.41, 5.74) is 2.07. The van der Waals surface area contributed by atoms with E-state index in [4.69, 9.17) is 16.1 Å². The molecule has 1 unspecified atom stereocenters. The number of rotatable bonds is 4. The van der Waals surface area contributed by atoms with Crippen LogP contribution in [-0.4, -0.2) is 5.16 Å². The molecule has 1 N–H and O–H groups in total. The first-order valence-electron chi connectivity index (χ1n) is 6.90. The van der Waals surface area contributed by atoms with Gasteiger partial charge in [-0.25, -0.2) is 0 Å². The first kappa shape index (κ1) is 14.6. The van der Waals surface area contributed by atoms with Crippen LogP contribution in [0.25, 0.3) is 10.1 Å². The summed E-state index contributed by atoms with van der Waals surface area (Å²) < 4.78 is 6.45. The molecule has 0 fully saturated rings. The van der Waals surface area contributed by atoms with Crippen LogP contribution in [0.4, 0.5) is 0 Å². The Bertz CT molecular complexity index is 758. The third-order valence-electron chi connectivity index (χ3n) is 3.69. The normalized spacial score (nSPS) is 13.0. The number of benzene rings is 1. The molecule has 0 radical (unpaired) electrons. The van der Waals surface area contributed by atoms with Gasteiger partial charge in [-0.15, -0.1) is 11.3 Å². The van der Waals surface area contributed by atoms with Gasteiger partial charge in [0.2, 0.25) is 0 Å². The fourth-order valence-electron chi connectivity index (χ4n) is 2.63. The van der Waals surface area contributed by atoms with E-state index in [1.54, 1.807) is 11.3 Å². The summed E-state index contributed by atoms with van der Waals surface area (Å²) in [6.07, 6.45) is 0. The molecule has 0 saturated heterocycles. The van der Waals surface area contributed by atoms with Crippen LogP contribution >= 0.6 is 22.9 Å². The van der Waals surface area contributed by atoms with E-state index in [0.29, 0.717) is 0 Å². The molecule has 2 aromatic heterocycles. The molecule has 0 amide bonds. The zero-order chi connectivity index (χ0) is 15.0. The Labute approximate surface area is 132 Å². The van der Waals surface area contributed by atoms with Crippen LogP contribution in [0.5, 0.6) is 0 Å². The minimum Gasteiger partial charge on any atom is -0.361 e. The fourth-order valence-corrected chi connectivity index (χ4v) is 4.09. The van der Waals surface area contributed by atoms with Crippen molar-refractivity contribution in [2.45, 2.75) is 33.4 Å². The minimum atomic E-state index is 0.178. The zero-order valence-electron chi connectivity index (χ0n) is 12.2.